The van der Waals surface area contributed by atoms with Crippen molar-refractivity contribution in [3.8, 4) is 77.9 Å². The van der Waals surface area contributed by atoms with Gasteiger partial charge in [-0.2, -0.15) is 0 Å². The Morgan fingerprint density at radius 2 is 0.392 bits per heavy atom. The molecule has 0 amide bonds. The van der Waals surface area contributed by atoms with E-state index in [2.05, 4.69) is 344 Å². The van der Waals surface area contributed by atoms with Gasteiger partial charge in [0.25, 0.3) is 0 Å². The van der Waals surface area contributed by atoms with Crippen LogP contribution in [0.4, 0.5) is 0 Å². The molecule has 4 aliphatic rings. The first kappa shape index (κ1) is 60.5. The van der Waals surface area contributed by atoms with Crippen LogP contribution in [0.3, 0.4) is 0 Å². The summed E-state index contributed by atoms with van der Waals surface area (Å²) >= 11 is 0. The fraction of sp³-hybridized carbons (Fsp3) is 0.146. The van der Waals surface area contributed by atoms with E-state index in [1.807, 2.05) is 0 Å². The van der Waals surface area contributed by atoms with E-state index in [0.717, 1.165) is 168 Å². The van der Waals surface area contributed by atoms with E-state index < -0.39 is 0 Å². The fourth-order valence-corrected chi connectivity index (χ4v) is 14.1. The highest BCUT2D eigenvalue weighted by Gasteiger charge is 2.26. The maximum atomic E-state index is 5.90. The van der Waals surface area contributed by atoms with E-state index in [-0.39, 0.29) is 16.2 Å². The topological polar surface area (TPSA) is 115 Å². The van der Waals surface area contributed by atoms with Crippen LogP contribution in [0.5, 0.6) is 0 Å². The van der Waals surface area contributed by atoms with Gasteiger partial charge in [-0.15, -0.1) is 0 Å². The van der Waals surface area contributed by atoms with Gasteiger partial charge in [0.15, 0.2) is 0 Å². The monoisotopic (exact) mass is 1260 g/mol. The Bertz CT molecular complexity index is 5570. The van der Waals surface area contributed by atoms with E-state index in [0.29, 0.717) is 0 Å². The summed E-state index contributed by atoms with van der Waals surface area (Å²) in [5, 5.41) is 0. The zero-order valence-electron chi connectivity index (χ0n) is 56.5. The van der Waals surface area contributed by atoms with Gasteiger partial charge in [-0.1, -0.05) is 226 Å². The number of hydrogen-bond donors (Lipinski definition) is 4. The summed E-state index contributed by atoms with van der Waals surface area (Å²) in [5.74, 6) is 0. The van der Waals surface area contributed by atoms with E-state index in [4.69, 9.17) is 19.9 Å². The Balaban J connectivity index is 1.08. The second-order valence-electron chi connectivity index (χ2n) is 29.1. The summed E-state index contributed by atoms with van der Waals surface area (Å²) in [7, 11) is 0. The van der Waals surface area contributed by atoms with E-state index in [1.54, 1.807) is 0 Å². The molecule has 6 aromatic heterocycles. The molecule has 0 fully saturated rings. The van der Waals surface area contributed by atoms with Gasteiger partial charge < -0.3 is 19.9 Å². The summed E-state index contributed by atoms with van der Waals surface area (Å²) < 4.78 is 0. The van der Waals surface area contributed by atoms with Crippen molar-refractivity contribution < 1.29 is 0 Å². The van der Waals surface area contributed by atoms with Crippen LogP contribution in [0.15, 0.2) is 206 Å². The molecular weight excluding hydrogens is 1180 g/mol. The Hall–Kier alpha value is -11.5. The number of nitrogens with one attached hydrogen (secondary N) is 4. The lowest BCUT2D eigenvalue weighted by molar-refractivity contribution is 0.590. The lowest BCUT2D eigenvalue weighted by Crippen LogP contribution is -2.10. The summed E-state index contributed by atoms with van der Waals surface area (Å²) in [6.07, 6.45) is 17.4. The molecule has 0 spiro atoms. The molecular formula is C89H76N8. The summed E-state index contributed by atoms with van der Waals surface area (Å²) in [6.45, 7) is 22.5. The molecule has 0 saturated heterocycles. The van der Waals surface area contributed by atoms with Crippen LogP contribution in [-0.4, -0.2) is 39.9 Å². The van der Waals surface area contributed by atoms with Crippen molar-refractivity contribution in [2.75, 3.05) is 0 Å². The number of H-pyrrole nitrogens is 4. The van der Waals surface area contributed by atoms with E-state index >= 15 is 0 Å². The van der Waals surface area contributed by atoms with Crippen LogP contribution in [0, 0.1) is 6.92 Å². The van der Waals surface area contributed by atoms with Gasteiger partial charge in [-0.25, -0.2) is 19.9 Å². The second-order valence-corrected chi connectivity index (χ2v) is 29.1. The van der Waals surface area contributed by atoms with Crippen LogP contribution in [0.2, 0.25) is 0 Å². The van der Waals surface area contributed by atoms with Crippen LogP contribution in [0.1, 0.15) is 130 Å². The van der Waals surface area contributed by atoms with Crippen molar-refractivity contribution in [3.63, 3.8) is 0 Å². The minimum Gasteiger partial charge on any atom is -0.354 e. The Morgan fingerprint density at radius 1 is 0.206 bits per heavy atom. The third-order valence-electron chi connectivity index (χ3n) is 19.3. The maximum Gasteiger partial charge on any atom is 0.0738 e. The number of nitrogens with zero attached hydrogens (tertiary/aromatic N) is 4. The number of aromatic amines is 4. The van der Waals surface area contributed by atoms with Crippen molar-refractivity contribution in [1.29, 1.82) is 0 Å². The van der Waals surface area contributed by atoms with E-state index in [9.17, 15) is 0 Å². The number of hydrogen-bond acceptors (Lipinski definition) is 4. The highest BCUT2D eigenvalue weighted by molar-refractivity contribution is 6.06. The Labute approximate surface area is 566 Å². The van der Waals surface area contributed by atoms with Crippen molar-refractivity contribution in [1.82, 2.24) is 39.9 Å². The third-order valence-corrected chi connectivity index (χ3v) is 19.3. The molecule has 0 saturated carbocycles. The Morgan fingerprint density at radius 3 is 0.608 bits per heavy atom. The van der Waals surface area contributed by atoms with Gasteiger partial charge in [0, 0.05) is 88.6 Å². The van der Waals surface area contributed by atoms with Crippen molar-refractivity contribution in [2.24, 2.45) is 0 Å². The maximum absolute atomic E-state index is 5.90. The lowest BCUT2D eigenvalue weighted by Gasteiger charge is -2.19. The highest BCUT2D eigenvalue weighted by atomic mass is 14.8. The van der Waals surface area contributed by atoms with Gasteiger partial charge in [0.1, 0.15) is 0 Å². The highest BCUT2D eigenvalue weighted by Crippen LogP contribution is 2.44. The average molecular weight is 1260 g/mol. The first-order chi connectivity index (χ1) is 46.8. The number of fused-ring (bicyclic) bond motifs is 16. The van der Waals surface area contributed by atoms with Crippen LogP contribution in [0.25, 0.3) is 171 Å². The van der Waals surface area contributed by atoms with Crippen LogP contribution in [-0.2, 0) is 16.2 Å². The molecule has 8 heteroatoms. The Kier molecular flexibility index (Phi) is 14.6. The standard InChI is InChI=1S/C89H76N8/c1-53-21-23-56(24-22-53)81-67-41-37-63(90-67)79(54-17-13-11-14-18-54)64-38-42-68(91-64)82(57-25-31-60(32-26-57)87(2,3)4)72-46-50-76(95-72)85(75-49-45-71(81)94-75)86-77-51-47-73(96-77)83(58-27-33-61(34-28-58)88(5,6)7)69-43-39-65(92-69)80(55-19-15-12-16-20-55)66-40-44-70(93-66)84(74-48-52-78(86)97-74)59-29-35-62(36-30-59)89(8,9)10/h11-52,90,92,95,97H,1-10H3. The first-order valence-electron chi connectivity index (χ1n) is 33.7. The molecule has 4 N–H and O–H groups in total. The van der Waals surface area contributed by atoms with Crippen LogP contribution >= 0.6 is 0 Å². The first-order valence-corrected chi connectivity index (χ1v) is 33.7. The second kappa shape index (κ2) is 23.5. The lowest BCUT2D eigenvalue weighted by atomic mass is 9.86. The molecule has 4 aliphatic heterocycles. The molecule has 0 atom stereocenters. The molecule has 10 heterocycles. The number of benzene rings is 6. The van der Waals surface area contributed by atoms with E-state index in [1.165, 1.54) is 22.3 Å². The molecule has 0 unspecified atom stereocenters. The minimum absolute atomic E-state index is 0.0497. The average Bonchev–Trinajstić information content (AvgIpc) is 1.61. The quantitative estimate of drug-likeness (QED) is 0.127. The van der Waals surface area contributed by atoms with Crippen molar-refractivity contribution in [2.45, 2.75) is 85.5 Å². The number of aryl methyl sites for hydroxylation is 1. The van der Waals surface area contributed by atoms with Crippen molar-refractivity contribution in [3.05, 3.63) is 274 Å². The molecule has 6 aromatic carbocycles. The predicted octanol–water partition coefficient (Wildman–Crippen LogP) is 23.5. The minimum atomic E-state index is -0.0500. The largest absolute Gasteiger partial charge is 0.354 e. The predicted molar refractivity (Wildman–Crippen MR) is 410 cm³/mol. The molecule has 16 rings (SSSR count). The summed E-state index contributed by atoms with van der Waals surface area (Å²) in [6, 6.07) is 74.7. The van der Waals surface area contributed by atoms with Gasteiger partial charge in [0.05, 0.1) is 45.6 Å². The van der Waals surface area contributed by atoms with Gasteiger partial charge in [0.2, 0.25) is 0 Å². The molecule has 472 valence electrons. The zero-order chi connectivity index (χ0) is 66.5. The SMILES string of the molecule is Cc1ccc(-c2c3nc(c(-c4c5nc(c(-c6ccc(C(C)(C)C)cc6)c6ccc([nH]6)c(-c6ccccc6)c6nc(c(-c7ccc(C(C)(C)C)cc7)c7ccc4[nH]7)C=C6)C=C5)c4ccc([nH]4)c(-c4ccc(C(C)(C)C)cc4)c4nc(c(-c5ccccc5)c5ccc2[nH]5)C=C4)C=C3)cc1. The number of aromatic nitrogens is 8. The van der Waals surface area contributed by atoms with Crippen LogP contribution < -0.4 is 0 Å². The molecule has 0 aliphatic carbocycles. The normalized spacial score (nSPS) is 12.9. The summed E-state index contributed by atoms with van der Waals surface area (Å²) in [5.41, 5.74) is 32.5. The third kappa shape index (κ3) is 11.2. The molecule has 0 radical (unpaired) electrons. The zero-order valence-corrected chi connectivity index (χ0v) is 56.5. The van der Waals surface area contributed by atoms with Crippen molar-refractivity contribution >= 4 is 92.7 Å². The smallest absolute Gasteiger partial charge is 0.0738 e. The molecule has 8 nitrogen and oxygen atoms in total. The number of rotatable bonds is 7. The molecule has 16 bridgehead atoms. The fourth-order valence-electron chi connectivity index (χ4n) is 14.1. The van der Waals surface area contributed by atoms with Gasteiger partial charge >= 0.3 is 0 Å². The van der Waals surface area contributed by atoms with Gasteiger partial charge in [-0.05, 0) is 170 Å². The summed E-state index contributed by atoms with van der Waals surface area (Å²) in [4.78, 5) is 39.3. The van der Waals surface area contributed by atoms with Gasteiger partial charge in [-0.3, -0.25) is 0 Å². The molecule has 97 heavy (non-hydrogen) atoms. The molecule has 12 aromatic rings.